The summed E-state index contributed by atoms with van der Waals surface area (Å²) in [7, 11) is 0. The first-order chi connectivity index (χ1) is 9.99. The van der Waals surface area contributed by atoms with Crippen molar-refractivity contribution >= 4 is 21.9 Å². The van der Waals surface area contributed by atoms with Crippen LogP contribution in [0.2, 0.25) is 0 Å². The Kier molecular flexibility index (Phi) is 5.09. The number of halogens is 2. The van der Waals surface area contributed by atoms with Gasteiger partial charge in [0, 0.05) is 16.1 Å². The third kappa shape index (κ3) is 3.89. The first kappa shape index (κ1) is 15.7. The van der Waals surface area contributed by atoms with Gasteiger partial charge in [-0.3, -0.25) is 10.1 Å². The summed E-state index contributed by atoms with van der Waals surface area (Å²) in [5.41, 5.74) is 1.05. The van der Waals surface area contributed by atoms with Crippen molar-refractivity contribution in [2.24, 2.45) is 0 Å². The first-order valence-corrected chi connectivity index (χ1v) is 7.27. The second-order valence-electron chi connectivity index (χ2n) is 4.74. The lowest BCUT2D eigenvalue weighted by Crippen LogP contribution is -2.31. The molecule has 0 fully saturated rings. The number of carbonyl (C=O) groups is 1. The lowest BCUT2D eigenvalue weighted by atomic mass is 10.0. The maximum Gasteiger partial charge on any atom is 0.325 e. The Morgan fingerprint density at radius 1 is 1.24 bits per heavy atom. The summed E-state index contributed by atoms with van der Waals surface area (Å²) in [5, 5.41) is 12.3. The molecule has 2 aromatic carbocycles. The fraction of sp³-hybridized carbons (Fsp3) is 0.188. The lowest BCUT2D eigenvalue weighted by molar-refractivity contribution is -0.139. The third-order valence-electron chi connectivity index (χ3n) is 3.22. The van der Waals surface area contributed by atoms with Crippen molar-refractivity contribution in [3.8, 4) is 0 Å². The summed E-state index contributed by atoms with van der Waals surface area (Å²) in [4.78, 5) is 11.5. The normalized spacial score (nSPS) is 13.7. The van der Waals surface area contributed by atoms with Gasteiger partial charge < -0.3 is 5.11 Å². The Balaban J connectivity index is 2.25. The smallest absolute Gasteiger partial charge is 0.325 e. The van der Waals surface area contributed by atoms with Crippen LogP contribution >= 0.6 is 15.9 Å². The van der Waals surface area contributed by atoms with Gasteiger partial charge in [0.05, 0.1) is 0 Å². The van der Waals surface area contributed by atoms with E-state index in [1.54, 1.807) is 43.3 Å². The van der Waals surface area contributed by atoms with Crippen LogP contribution < -0.4 is 5.32 Å². The van der Waals surface area contributed by atoms with E-state index in [9.17, 15) is 14.3 Å². The van der Waals surface area contributed by atoms with E-state index in [0.29, 0.717) is 11.1 Å². The molecule has 3 nitrogen and oxygen atoms in total. The van der Waals surface area contributed by atoms with Crippen LogP contribution in [-0.4, -0.2) is 11.1 Å². The van der Waals surface area contributed by atoms with Gasteiger partial charge in [0.15, 0.2) is 0 Å². The number of nitrogens with one attached hydrogen (secondary N) is 1. The van der Waals surface area contributed by atoms with E-state index in [0.717, 1.165) is 4.47 Å². The summed E-state index contributed by atoms with van der Waals surface area (Å²) < 4.78 is 14.6. The molecule has 0 bridgehead atoms. The van der Waals surface area contributed by atoms with Crippen LogP contribution in [0.5, 0.6) is 0 Å². The minimum atomic E-state index is -0.997. The van der Waals surface area contributed by atoms with Crippen molar-refractivity contribution in [2.45, 2.75) is 19.0 Å². The predicted octanol–water partition coefficient (Wildman–Crippen LogP) is 4.06. The summed E-state index contributed by atoms with van der Waals surface area (Å²) in [6.07, 6.45) is 0. The molecule has 0 aromatic heterocycles. The monoisotopic (exact) mass is 351 g/mol. The summed E-state index contributed by atoms with van der Waals surface area (Å²) in [5.74, 6) is -1.36. The molecule has 2 rings (SSSR count). The number of benzene rings is 2. The number of rotatable bonds is 5. The van der Waals surface area contributed by atoms with Gasteiger partial charge in [0.2, 0.25) is 0 Å². The van der Waals surface area contributed by atoms with Crippen molar-refractivity contribution in [3.05, 3.63) is 69.9 Å². The standard InChI is InChI=1S/C16H15BrFNO2/c1-10(13-9-12(17)7-8-14(13)18)19-15(16(20)21)11-5-3-2-4-6-11/h2-10,15,19H,1H3,(H,20,21). The number of hydrogen-bond donors (Lipinski definition) is 2. The zero-order chi connectivity index (χ0) is 15.4. The fourth-order valence-electron chi connectivity index (χ4n) is 2.14. The second-order valence-corrected chi connectivity index (χ2v) is 5.65. The number of hydrogen-bond acceptors (Lipinski definition) is 2. The minimum Gasteiger partial charge on any atom is -0.480 e. The molecule has 0 saturated carbocycles. The molecule has 0 saturated heterocycles. The highest BCUT2D eigenvalue weighted by Gasteiger charge is 2.23. The lowest BCUT2D eigenvalue weighted by Gasteiger charge is -2.21. The molecule has 2 unspecified atom stereocenters. The fourth-order valence-corrected chi connectivity index (χ4v) is 2.52. The van der Waals surface area contributed by atoms with Crippen LogP contribution in [0.1, 0.15) is 30.1 Å². The van der Waals surface area contributed by atoms with Gasteiger partial charge in [-0.15, -0.1) is 0 Å². The molecule has 0 aliphatic carbocycles. The Hall–Kier alpha value is -1.72. The van der Waals surface area contributed by atoms with E-state index in [4.69, 9.17) is 0 Å². The Bertz CT molecular complexity index is 633. The molecule has 0 amide bonds. The van der Waals surface area contributed by atoms with E-state index in [1.807, 2.05) is 6.07 Å². The average Bonchev–Trinajstić information content (AvgIpc) is 2.47. The van der Waals surface area contributed by atoms with E-state index in [1.165, 1.54) is 6.07 Å². The van der Waals surface area contributed by atoms with Crippen molar-refractivity contribution in [1.82, 2.24) is 5.32 Å². The predicted molar refractivity (Wildman–Crippen MR) is 82.5 cm³/mol. The second kappa shape index (κ2) is 6.83. The Morgan fingerprint density at radius 3 is 2.52 bits per heavy atom. The quantitative estimate of drug-likeness (QED) is 0.853. The van der Waals surface area contributed by atoms with Crippen molar-refractivity contribution in [2.75, 3.05) is 0 Å². The summed E-state index contributed by atoms with van der Waals surface area (Å²) in [6, 6.07) is 12.1. The van der Waals surface area contributed by atoms with Gasteiger partial charge in [-0.1, -0.05) is 46.3 Å². The van der Waals surface area contributed by atoms with Crippen molar-refractivity contribution in [1.29, 1.82) is 0 Å². The van der Waals surface area contributed by atoms with Gasteiger partial charge in [-0.05, 0) is 30.7 Å². The van der Waals surface area contributed by atoms with Crippen LogP contribution in [0.25, 0.3) is 0 Å². The topological polar surface area (TPSA) is 49.3 Å². The van der Waals surface area contributed by atoms with Gasteiger partial charge in [-0.2, -0.15) is 0 Å². The molecular weight excluding hydrogens is 337 g/mol. The number of aliphatic carboxylic acids is 1. The third-order valence-corrected chi connectivity index (χ3v) is 3.71. The minimum absolute atomic E-state index is 0.365. The molecule has 0 aliphatic rings. The molecule has 2 aromatic rings. The SMILES string of the molecule is CC(NC(C(=O)O)c1ccccc1)c1cc(Br)ccc1F. The molecule has 110 valence electrons. The summed E-state index contributed by atoms with van der Waals surface area (Å²) in [6.45, 7) is 1.74. The first-order valence-electron chi connectivity index (χ1n) is 6.48. The highest BCUT2D eigenvalue weighted by molar-refractivity contribution is 9.10. The van der Waals surface area contributed by atoms with Crippen LogP contribution in [-0.2, 0) is 4.79 Å². The van der Waals surface area contributed by atoms with Crippen LogP contribution in [0.3, 0.4) is 0 Å². The largest absolute Gasteiger partial charge is 0.480 e. The highest BCUT2D eigenvalue weighted by Crippen LogP contribution is 2.24. The van der Waals surface area contributed by atoms with Crippen molar-refractivity contribution < 1.29 is 14.3 Å². The molecule has 5 heteroatoms. The molecule has 21 heavy (non-hydrogen) atoms. The van der Waals surface area contributed by atoms with Gasteiger partial charge >= 0.3 is 5.97 Å². The van der Waals surface area contributed by atoms with Gasteiger partial charge in [0.25, 0.3) is 0 Å². The molecule has 0 heterocycles. The van der Waals surface area contributed by atoms with Crippen LogP contribution in [0, 0.1) is 5.82 Å². The molecule has 0 radical (unpaired) electrons. The molecular formula is C16H15BrFNO2. The van der Waals surface area contributed by atoms with E-state index < -0.39 is 18.1 Å². The zero-order valence-electron chi connectivity index (χ0n) is 11.4. The maximum atomic E-state index is 13.9. The number of carboxylic acids is 1. The Labute approximate surface area is 130 Å². The molecule has 0 aliphatic heterocycles. The zero-order valence-corrected chi connectivity index (χ0v) is 13.0. The Morgan fingerprint density at radius 2 is 1.90 bits per heavy atom. The van der Waals surface area contributed by atoms with Gasteiger partial charge in [0.1, 0.15) is 11.9 Å². The van der Waals surface area contributed by atoms with E-state index in [-0.39, 0.29) is 5.82 Å². The highest BCUT2D eigenvalue weighted by atomic mass is 79.9. The van der Waals surface area contributed by atoms with Crippen LogP contribution in [0.15, 0.2) is 53.0 Å². The molecule has 0 spiro atoms. The molecule has 2 atom stereocenters. The average molecular weight is 352 g/mol. The maximum absolute atomic E-state index is 13.9. The van der Waals surface area contributed by atoms with Crippen LogP contribution in [0.4, 0.5) is 4.39 Å². The number of carboxylic acid groups (broad SMARTS) is 1. The summed E-state index contributed by atoms with van der Waals surface area (Å²) >= 11 is 3.29. The van der Waals surface area contributed by atoms with Gasteiger partial charge in [-0.25, -0.2) is 4.39 Å². The van der Waals surface area contributed by atoms with Crippen molar-refractivity contribution in [3.63, 3.8) is 0 Å². The van der Waals surface area contributed by atoms with E-state index in [2.05, 4.69) is 21.2 Å². The van der Waals surface area contributed by atoms with E-state index >= 15 is 0 Å². The molecule has 2 N–H and O–H groups in total.